The van der Waals surface area contributed by atoms with Crippen LogP contribution in [0.2, 0.25) is 5.02 Å². The molecule has 13 heteroatoms. The SMILES string of the molecule is COc1cc(C(=O)Nc2cccc(C(=O)NN=Cc3cc(Br)cc(Br)c3OC(=O)c3ccc(Cl)cc3)c2)ccc1OC(C)=O. The van der Waals surface area contributed by atoms with Gasteiger partial charge < -0.3 is 19.5 Å². The van der Waals surface area contributed by atoms with Gasteiger partial charge in [-0.1, -0.05) is 33.6 Å². The van der Waals surface area contributed by atoms with Gasteiger partial charge in [0.25, 0.3) is 11.8 Å². The van der Waals surface area contributed by atoms with Crippen molar-refractivity contribution < 1.29 is 33.4 Å². The summed E-state index contributed by atoms with van der Waals surface area (Å²) in [6.45, 7) is 1.26. The lowest BCUT2D eigenvalue weighted by Crippen LogP contribution is -2.18. The third-order valence-electron chi connectivity index (χ3n) is 5.74. The molecule has 0 saturated carbocycles. The fourth-order valence-electron chi connectivity index (χ4n) is 3.74. The highest BCUT2D eigenvalue weighted by Crippen LogP contribution is 2.33. The van der Waals surface area contributed by atoms with E-state index in [0.29, 0.717) is 30.8 Å². The highest BCUT2D eigenvalue weighted by molar-refractivity contribution is 9.11. The summed E-state index contributed by atoms with van der Waals surface area (Å²) < 4.78 is 17.0. The Morgan fingerprint density at radius 2 is 1.52 bits per heavy atom. The summed E-state index contributed by atoms with van der Waals surface area (Å²) >= 11 is 12.7. The largest absolute Gasteiger partial charge is 0.493 e. The second-order valence-electron chi connectivity index (χ2n) is 8.90. The number of hydrazone groups is 1. The van der Waals surface area contributed by atoms with E-state index in [1.165, 1.54) is 44.5 Å². The van der Waals surface area contributed by atoms with Gasteiger partial charge in [-0.3, -0.25) is 14.4 Å². The fraction of sp³-hybridized carbons (Fsp3) is 0.0645. The van der Waals surface area contributed by atoms with Crippen molar-refractivity contribution in [1.82, 2.24) is 5.43 Å². The Morgan fingerprint density at radius 3 is 2.23 bits per heavy atom. The van der Waals surface area contributed by atoms with Crippen molar-refractivity contribution in [2.24, 2.45) is 5.10 Å². The summed E-state index contributed by atoms with van der Waals surface area (Å²) in [6, 6.07) is 20.2. The first-order valence-electron chi connectivity index (χ1n) is 12.6. The van der Waals surface area contributed by atoms with E-state index in [-0.39, 0.29) is 28.4 Å². The molecule has 0 radical (unpaired) electrons. The summed E-state index contributed by atoms with van der Waals surface area (Å²) in [5.74, 6) is -1.60. The lowest BCUT2D eigenvalue weighted by atomic mass is 10.1. The molecule has 4 rings (SSSR count). The van der Waals surface area contributed by atoms with E-state index in [9.17, 15) is 19.2 Å². The van der Waals surface area contributed by atoms with Crippen LogP contribution in [0.15, 0.2) is 92.9 Å². The first kappa shape index (κ1) is 32.4. The standard InChI is InChI=1S/C31H22Br2ClN3O7/c1-17(38)43-26-11-8-20(14-27(26)42-2)29(39)36-24-5-3-4-19(13-24)30(40)37-35-16-21-12-22(32)15-25(33)28(21)44-31(41)18-6-9-23(34)10-7-18/h3-16H,1-2H3,(H,36,39)(H,37,40). The minimum atomic E-state index is -0.610. The Balaban J connectivity index is 1.45. The molecule has 2 amide bonds. The number of carbonyl (C=O) groups excluding carboxylic acids is 4. The molecule has 0 aliphatic rings. The molecule has 4 aromatic rings. The Morgan fingerprint density at radius 1 is 0.818 bits per heavy atom. The number of anilines is 1. The Labute approximate surface area is 273 Å². The molecule has 0 aromatic heterocycles. The number of halogens is 3. The summed E-state index contributed by atoms with van der Waals surface area (Å²) in [5.41, 5.74) is 3.92. The number of carbonyl (C=O) groups is 4. The van der Waals surface area contributed by atoms with E-state index in [4.69, 9.17) is 25.8 Å². The van der Waals surface area contributed by atoms with E-state index < -0.39 is 23.8 Å². The van der Waals surface area contributed by atoms with Gasteiger partial charge in [-0.25, -0.2) is 10.2 Å². The van der Waals surface area contributed by atoms with Crippen LogP contribution in [0.5, 0.6) is 17.2 Å². The van der Waals surface area contributed by atoms with E-state index in [2.05, 4.69) is 47.7 Å². The molecule has 0 atom stereocenters. The third-order valence-corrected chi connectivity index (χ3v) is 7.04. The summed E-state index contributed by atoms with van der Waals surface area (Å²) in [5, 5.41) is 7.22. The predicted molar refractivity (Wildman–Crippen MR) is 172 cm³/mol. The molecule has 0 aliphatic carbocycles. The number of nitrogens with zero attached hydrogens (tertiary/aromatic N) is 1. The average Bonchev–Trinajstić information content (AvgIpc) is 2.99. The van der Waals surface area contributed by atoms with E-state index in [1.807, 2.05) is 0 Å². The van der Waals surface area contributed by atoms with Gasteiger partial charge >= 0.3 is 11.9 Å². The van der Waals surface area contributed by atoms with Gasteiger partial charge in [0.2, 0.25) is 0 Å². The minimum absolute atomic E-state index is 0.179. The molecule has 0 saturated heterocycles. The van der Waals surface area contributed by atoms with Crippen molar-refractivity contribution in [3.63, 3.8) is 0 Å². The number of nitrogens with one attached hydrogen (secondary N) is 2. The Hall–Kier alpha value is -4.52. The smallest absolute Gasteiger partial charge is 0.343 e. The van der Waals surface area contributed by atoms with Gasteiger partial charge in [0.05, 0.1) is 23.4 Å². The topological polar surface area (TPSA) is 132 Å². The number of hydrogen-bond acceptors (Lipinski definition) is 8. The normalized spacial score (nSPS) is 10.7. The summed E-state index contributed by atoms with van der Waals surface area (Å²) in [6.07, 6.45) is 1.33. The van der Waals surface area contributed by atoms with Crippen molar-refractivity contribution in [1.29, 1.82) is 0 Å². The minimum Gasteiger partial charge on any atom is -0.493 e. The monoisotopic (exact) mass is 741 g/mol. The number of ether oxygens (including phenoxy) is 3. The van der Waals surface area contributed by atoms with Crippen LogP contribution in [0.3, 0.4) is 0 Å². The van der Waals surface area contributed by atoms with Crippen molar-refractivity contribution in [2.45, 2.75) is 6.92 Å². The first-order valence-corrected chi connectivity index (χ1v) is 14.6. The van der Waals surface area contributed by atoms with Crippen LogP contribution in [-0.2, 0) is 4.79 Å². The van der Waals surface area contributed by atoms with Crippen LogP contribution in [-0.4, -0.2) is 37.1 Å². The van der Waals surface area contributed by atoms with Crippen LogP contribution in [0.25, 0.3) is 0 Å². The molecule has 0 heterocycles. The Bertz CT molecular complexity index is 1780. The molecular formula is C31H22Br2ClN3O7. The fourth-order valence-corrected chi connectivity index (χ4v) is 5.20. The molecule has 0 unspecified atom stereocenters. The number of benzene rings is 4. The Kier molecular flexibility index (Phi) is 10.9. The van der Waals surface area contributed by atoms with E-state index >= 15 is 0 Å². The van der Waals surface area contributed by atoms with Gasteiger partial charge in [0, 0.05) is 38.8 Å². The maximum atomic E-state index is 12.9. The van der Waals surface area contributed by atoms with Crippen LogP contribution < -0.4 is 25.0 Å². The molecule has 4 aromatic carbocycles. The first-order chi connectivity index (χ1) is 21.0. The second-order valence-corrected chi connectivity index (χ2v) is 11.1. The van der Waals surface area contributed by atoms with Gasteiger partial charge in [0.1, 0.15) is 0 Å². The summed E-state index contributed by atoms with van der Waals surface area (Å²) in [4.78, 5) is 49.7. The molecule has 0 spiro atoms. The van der Waals surface area contributed by atoms with Crippen molar-refractivity contribution in [2.75, 3.05) is 12.4 Å². The highest BCUT2D eigenvalue weighted by Gasteiger charge is 2.17. The number of rotatable bonds is 9. The van der Waals surface area contributed by atoms with Gasteiger partial charge in [-0.2, -0.15) is 5.10 Å². The molecule has 44 heavy (non-hydrogen) atoms. The van der Waals surface area contributed by atoms with Crippen LogP contribution in [0.4, 0.5) is 5.69 Å². The molecule has 224 valence electrons. The lowest BCUT2D eigenvalue weighted by Gasteiger charge is -2.11. The number of amides is 2. The molecular weight excluding hydrogens is 722 g/mol. The maximum absolute atomic E-state index is 12.9. The zero-order valence-electron chi connectivity index (χ0n) is 23.0. The third kappa shape index (κ3) is 8.53. The van der Waals surface area contributed by atoms with Gasteiger partial charge in [-0.15, -0.1) is 0 Å². The van der Waals surface area contributed by atoms with Gasteiger partial charge in [0.15, 0.2) is 17.2 Å². The maximum Gasteiger partial charge on any atom is 0.343 e. The average molecular weight is 744 g/mol. The van der Waals surface area contributed by atoms with Crippen molar-refractivity contribution in [3.8, 4) is 17.2 Å². The lowest BCUT2D eigenvalue weighted by molar-refractivity contribution is -0.132. The highest BCUT2D eigenvalue weighted by atomic mass is 79.9. The van der Waals surface area contributed by atoms with Crippen molar-refractivity contribution >= 4 is 79.1 Å². The molecule has 0 fully saturated rings. The van der Waals surface area contributed by atoms with E-state index in [1.54, 1.807) is 54.6 Å². The predicted octanol–water partition coefficient (Wildman–Crippen LogP) is 7.03. The zero-order chi connectivity index (χ0) is 31.8. The number of hydrogen-bond donors (Lipinski definition) is 2. The second kappa shape index (κ2) is 14.8. The van der Waals surface area contributed by atoms with Crippen LogP contribution >= 0.6 is 43.5 Å². The number of methoxy groups -OCH3 is 1. The zero-order valence-corrected chi connectivity index (χ0v) is 26.9. The van der Waals surface area contributed by atoms with E-state index in [0.717, 1.165) is 0 Å². The van der Waals surface area contributed by atoms with Crippen LogP contribution in [0.1, 0.15) is 43.6 Å². The molecule has 0 aliphatic heterocycles. The molecule has 0 bridgehead atoms. The van der Waals surface area contributed by atoms with Crippen LogP contribution in [0, 0.1) is 0 Å². The quantitative estimate of drug-likeness (QED) is 0.0814. The summed E-state index contributed by atoms with van der Waals surface area (Å²) in [7, 11) is 1.39. The molecule has 10 nitrogen and oxygen atoms in total. The van der Waals surface area contributed by atoms with Gasteiger partial charge in [-0.05, 0) is 88.7 Å². The molecule has 2 N–H and O–H groups in total. The number of esters is 2. The van der Waals surface area contributed by atoms with Crippen molar-refractivity contribution in [3.05, 3.63) is 115 Å².